The SMILES string of the molecule is Br.C=CC(Cc1ccccc1)N(C)C. The van der Waals surface area contributed by atoms with Gasteiger partial charge in [-0.2, -0.15) is 0 Å². The van der Waals surface area contributed by atoms with Gasteiger partial charge in [0.25, 0.3) is 0 Å². The van der Waals surface area contributed by atoms with Crippen molar-refractivity contribution in [3.63, 3.8) is 0 Å². The van der Waals surface area contributed by atoms with Gasteiger partial charge in [-0.1, -0.05) is 36.4 Å². The van der Waals surface area contributed by atoms with Gasteiger partial charge in [0.2, 0.25) is 0 Å². The summed E-state index contributed by atoms with van der Waals surface area (Å²) in [5, 5.41) is 0. The van der Waals surface area contributed by atoms with Crippen LogP contribution in [0.4, 0.5) is 0 Å². The molecule has 1 nitrogen and oxygen atoms in total. The Morgan fingerprint density at radius 3 is 2.29 bits per heavy atom. The molecule has 0 aliphatic carbocycles. The van der Waals surface area contributed by atoms with E-state index in [2.05, 4.69) is 49.8 Å². The minimum atomic E-state index is 0. The second-order valence-electron chi connectivity index (χ2n) is 3.46. The summed E-state index contributed by atoms with van der Waals surface area (Å²) < 4.78 is 0. The maximum atomic E-state index is 3.84. The quantitative estimate of drug-likeness (QED) is 0.749. The Balaban J connectivity index is 0.00000169. The third-order valence-electron chi connectivity index (χ3n) is 2.22. The molecule has 0 radical (unpaired) electrons. The first kappa shape index (κ1) is 13.4. The second kappa shape index (κ2) is 6.80. The van der Waals surface area contributed by atoms with Crippen LogP contribution in [0, 0.1) is 0 Å². The smallest absolute Gasteiger partial charge is 0.0309 e. The molecule has 14 heavy (non-hydrogen) atoms. The number of hydrogen-bond acceptors (Lipinski definition) is 1. The van der Waals surface area contributed by atoms with Crippen LogP contribution in [0.5, 0.6) is 0 Å². The molecule has 0 fully saturated rings. The molecule has 0 aliphatic rings. The van der Waals surface area contributed by atoms with Crippen molar-refractivity contribution in [3.05, 3.63) is 48.6 Å². The van der Waals surface area contributed by atoms with Gasteiger partial charge in [0.05, 0.1) is 0 Å². The van der Waals surface area contributed by atoms with Gasteiger partial charge in [0.1, 0.15) is 0 Å². The van der Waals surface area contributed by atoms with Gasteiger partial charge in [-0.25, -0.2) is 0 Å². The number of benzene rings is 1. The average molecular weight is 256 g/mol. The number of nitrogens with zero attached hydrogens (tertiary/aromatic N) is 1. The van der Waals surface area contributed by atoms with Gasteiger partial charge < -0.3 is 4.90 Å². The van der Waals surface area contributed by atoms with Crippen LogP contribution in [-0.2, 0) is 6.42 Å². The second-order valence-corrected chi connectivity index (χ2v) is 3.46. The van der Waals surface area contributed by atoms with E-state index in [1.54, 1.807) is 0 Å². The topological polar surface area (TPSA) is 3.24 Å². The summed E-state index contributed by atoms with van der Waals surface area (Å²) in [5.74, 6) is 0. The van der Waals surface area contributed by atoms with Crippen molar-refractivity contribution >= 4 is 17.0 Å². The Morgan fingerprint density at radius 1 is 1.29 bits per heavy atom. The highest BCUT2D eigenvalue weighted by atomic mass is 79.9. The van der Waals surface area contributed by atoms with Crippen molar-refractivity contribution in [1.82, 2.24) is 4.90 Å². The van der Waals surface area contributed by atoms with Gasteiger partial charge in [0, 0.05) is 6.04 Å². The summed E-state index contributed by atoms with van der Waals surface area (Å²) in [6.45, 7) is 3.84. The largest absolute Gasteiger partial charge is 0.303 e. The van der Waals surface area contributed by atoms with Crippen molar-refractivity contribution in [2.24, 2.45) is 0 Å². The third-order valence-corrected chi connectivity index (χ3v) is 2.22. The normalized spacial score (nSPS) is 11.9. The van der Waals surface area contributed by atoms with Gasteiger partial charge in [0.15, 0.2) is 0 Å². The maximum Gasteiger partial charge on any atom is 0.0309 e. The van der Waals surface area contributed by atoms with Crippen LogP contribution in [0.15, 0.2) is 43.0 Å². The fourth-order valence-electron chi connectivity index (χ4n) is 1.33. The molecule has 1 aromatic rings. The van der Waals surface area contributed by atoms with Crippen molar-refractivity contribution in [2.45, 2.75) is 12.5 Å². The minimum Gasteiger partial charge on any atom is -0.303 e. The maximum absolute atomic E-state index is 3.84. The van der Waals surface area contributed by atoms with E-state index >= 15 is 0 Å². The molecule has 0 aromatic heterocycles. The highest BCUT2D eigenvalue weighted by Crippen LogP contribution is 2.06. The molecule has 0 heterocycles. The van der Waals surface area contributed by atoms with Gasteiger partial charge >= 0.3 is 0 Å². The molecule has 78 valence electrons. The highest BCUT2D eigenvalue weighted by Gasteiger charge is 2.06. The van der Waals surface area contributed by atoms with E-state index in [0.717, 1.165) is 6.42 Å². The molecule has 1 atom stereocenters. The van der Waals surface area contributed by atoms with Gasteiger partial charge in [-0.05, 0) is 26.1 Å². The van der Waals surface area contributed by atoms with Crippen LogP contribution < -0.4 is 0 Å². The average Bonchev–Trinajstić information content (AvgIpc) is 2.15. The molecular weight excluding hydrogens is 238 g/mol. The van der Waals surface area contributed by atoms with Gasteiger partial charge in [-0.3, -0.25) is 0 Å². The first-order chi connectivity index (χ1) is 6.24. The Labute approximate surface area is 97.2 Å². The Hall–Kier alpha value is -0.600. The molecule has 0 saturated carbocycles. The Morgan fingerprint density at radius 2 is 1.86 bits per heavy atom. The molecular formula is C12H18BrN. The van der Waals surface area contributed by atoms with E-state index in [-0.39, 0.29) is 17.0 Å². The third kappa shape index (κ3) is 4.07. The minimum absolute atomic E-state index is 0. The van der Waals surface area contributed by atoms with Crippen molar-refractivity contribution in [2.75, 3.05) is 14.1 Å². The molecule has 1 aromatic carbocycles. The fraction of sp³-hybridized carbons (Fsp3) is 0.333. The zero-order valence-corrected chi connectivity index (χ0v) is 10.5. The van der Waals surface area contributed by atoms with E-state index < -0.39 is 0 Å². The number of rotatable bonds is 4. The van der Waals surface area contributed by atoms with Crippen LogP contribution in [0.25, 0.3) is 0 Å². The van der Waals surface area contributed by atoms with E-state index in [1.807, 2.05) is 12.1 Å². The molecule has 0 aliphatic heterocycles. The van der Waals surface area contributed by atoms with E-state index in [0.29, 0.717) is 6.04 Å². The summed E-state index contributed by atoms with van der Waals surface area (Å²) in [5.41, 5.74) is 1.36. The molecule has 2 heteroatoms. The first-order valence-electron chi connectivity index (χ1n) is 4.57. The lowest BCUT2D eigenvalue weighted by Gasteiger charge is -2.20. The van der Waals surface area contributed by atoms with Crippen LogP contribution in [0.3, 0.4) is 0 Å². The van der Waals surface area contributed by atoms with Crippen molar-refractivity contribution in [1.29, 1.82) is 0 Å². The Bertz CT molecular complexity index is 256. The first-order valence-corrected chi connectivity index (χ1v) is 4.57. The standard InChI is InChI=1S/C12H17N.BrH/c1-4-12(13(2)3)10-11-8-6-5-7-9-11;/h4-9,12H,1,10H2,2-3H3;1H. The van der Waals surface area contributed by atoms with Crippen LogP contribution >= 0.6 is 17.0 Å². The van der Waals surface area contributed by atoms with Crippen molar-refractivity contribution in [3.8, 4) is 0 Å². The molecule has 0 spiro atoms. The number of likely N-dealkylation sites (N-methyl/N-ethyl adjacent to an activating group) is 1. The van der Waals surface area contributed by atoms with E-state index in [1.165, 1.54) is 5.56 Å². The lowest BCUT2D eigenvalue weighted by Crippen LogP contribution is -2.27. The van der Waals surface area contributed by atoms with Crippen LogP contribution in [0.2, 0.25) is 0 Å². The predicted molar refractivity (Wildman–Crippen MR) is 68.1 cm³/mol. The van der Waals surface area contributed by atoms with Crippen molar-refractivity contribution < 1.29 is 0 Å². The molecule has 1 rings (SSSR count). The summed E-state index contributed by atoms with van der Waals surface area (Å²) >= 11 is 0. The van der Waals surface area contributed by atoms with Crippen LogP contribution in [0.1, 0.15) is 5.56 Å². The molecule has 0 amide bonds. The monoisotopic (exact) mass is 255 g/mol. The Kier molecular flexibility index (Phi) is 6.50. The summed E-state index contributed by atoms with van der Waals surface area (Å²) in [6.07, 6.45) is 3.03. The fourth-order valence-corrected chi connectivity index (χ4v) is 1.33. The zero-order valence-electron chi connectivity index (χ0n) is 8.81. The number of hydrogen-bond donors (Lipinski definition) is 0. The van der Waals surface area contributed by atoms with E-state index in [4.69, 9.17) is 0 Å². The zero-order chi connectivity index (χ0) is 9.68. The molecule has 0 saturated heterocycles. The highest BCUT2D eigenvalue weighted by molar-refractivity contribution is 8.93. The molecule has 0 N–H and O–H groups in total. The van der Waals surface area contributed by atoms with Gasteiger partial charge in [-0.15, -0.1) is 23.6 Å². The lowest BCUT2D eigenvalue weighted by atomic mass is 10.1. The molecule has 1 unspecified atom stereocenters. The summed E-state index contributed by atoms with van der Waals surface area (Å²) in [6, 6.07) is 10.9. The van der Waals surface area contributed by atoms with Crippen LogP contribution in [-0.4, -0.2) is 25.0 Å². The lowest BCUT2D eigenvalue weighted by molar-refractivity contribution is 0.342. The summed E-state index contributed by atoms with van der Waals surface area (Å²) in [7, 11) is 4.16. The predicted octanol–water partition coefficient (Wildman–Crippen LogP) is 2.92. The number of halogens is 1. The summed E-state index contributed by atoms with van der Waals surface area (Å²) in [4.78, 5) is 2.18. The van der Waals surface area contributed by atoms with E-state index in [9.17, 15) is 0 Å². The molecule has 0 bridgehead atoms.